The molecule has 1 aromatic rings. The number of hydrogen-bond donors (Lipinski definition) is 1. The van der Waals surface area contributed by atoms with Crippen molar-refractivity contribution in [3.63, 3.8) is 0 Å². The van der Waals surface area contributed by atoms with Gasteiger partial charge in [0.15, 0.2) is 0 Å². The predicted molar refractivity (Wildman–Crippen MR) is 81.3 cm³/mol. The quantitative estimate of drug-likeness (QED) is 0.846. The van der Waals surface area contributed by atoms with E-state index in [-0.39, 0.29) is 0 Å². The normalized spacial score (nSPS) is 41.6. The van der Waals surface area contributed by atoms with Crippen LogP contribution < -0.4 is 5.32 Å². The molecule has 5 rings (SSSR count). The van der Waals surface area contributed by atoms with Gasteiger partial charge in [0.2, 0.25) is 0 Å². The van der Waals surface area contributed by atoms with Crippen LogP contribution in [0.25, 0.3) is 0 Å². The van der Waals surface area contributed by atoms with Gasteiger partial charge in [0.25, 0.3) is 0 Å². The summed E-state index contributed by atoms with van der Waals surface area (Å²) in [6.45, 7) is 2.33. The Morgan fingerprint density at radius 1 is 1.16 bits per heavy atom. The van der Waals surface area contributed by atoms with Crippen molar-refractivity contribution in [3.05, 3.63) is 22.4 Å². The van der Waals surface area contributed by atoms with Crippen LogP contribution in [0.3, 0.4) is 0 Å². The maximum Gasteiger partial charge on any atom is 0.0414 e. The molecule has 4 aliphatic rings. The van der Waals surface area contributed by atoms with E-state index in [0.717, 1.165) is 29.7 Å². The Kier molecular flexibility index (Phi) is 3.19. The van der Waals surface area contributed by atoms with Crippen molar-refractivity contribution >= 4 is 11.3 Å². The first-order chi connectivity index (χ1) is 9.33. The van der Waals surface area contributed by atoms with Crippen LogP contribution in [-0.2, 0) is 0 Å². The van der Waals surface area contributed by atoms with E-state index in [1.54, 1.807) is 6.42 Å². The van der Waals surface area contributed by atoms with Gasteiger partial charge in [-0.1, -0.05) is 13.0 Å². The summed E-state index contributed by atoms with van der Waals surface area (Å²) < 4.78 is 0. The minimum absolute atomic E-state index is 0.600. The molecule has 0 radical (unpaired) electrons. The van der Waals surface area contributed by atoms with Gasteiger partial charge in [-0.25, -0.2) is 0 Å². The molecular weight excluding hydrogens is 250 g/mol. The largest absolute Gasteiger partial charge is 0.306 e. The molecule has 4 bridgehead atoms. The predicted octanol–water partition coefficient (Wildman–Crippen LogP) is 4.61. The first kappa shape index (κ1) is 12.4. The lowest BCUT2D eigenvalue weighted by Gasteiger charge is -2.55. The Morgan fingerprint density at radius 2 is 1.84 bits per heavy atom. The first-order valence-corrected chi connectivity index (χ1v) is 9.01. The summed E-state index contributed by atoms with van der Waals surface area (Å²) in [5.74, 6) is 4.15. The summed E-state index contributed by atoms with van der Waals surface area (Å²) in [7, 11) is 0. The smallest absolute Gasteiger partial charge is 0.0414 e. The third-order valence-electron chi connectivity index (χ3n) is 5.92. The van der Waals surface area contributed by atoms with Crippen molar-refractivity contribution in [2.75, 3.05) is 0 Å². The van der Waals surface area contributed by atoms with Crippen LogP contribution in [0.1, 0.15) is 56.4 Å². The Balaban J connectivity index is 1.50. The average Bonchev–Trinajstić information content (AvgIpc) is 2.91. The van der Waals surface area contributed by atoms with Crippen LogP contribution in [0.4, 0.5) is 0 Å². The molecule has 0 spiro atoms. The zero-order valence-electron chi connectivity index (χ0n) is 11.8. The molecule has 1 unspecified atom stereocenters. The van der Waals surface area contributed by atoms with Crippen molar-refractivity contribution in [2.45, 2.75) is 57.5 Å². The Labute approximate surface area is 120 Å². The van der Waals surface area contributed by atoms with E-state index in [4.69, 9.17) is 0 Å². The van der Waals surface area contributed by atoms with E-state index in [9.17, 15) is 0 Å². The molecule has 1 aromatic heterocycles. The number of nitrogens with one attached hydrogen (secondary N) is 1. The van der Waals surface area contributed by atoms with E-state index in [0.29, 0.717) is 6.04 Å². The highest BCUT2D eigenvalue weighted by Gasteiger charge is 2.48. The van der Waals surface area contributed by atoms with E-state index in [1.807, 2.05) is 11.3 Å². The average molecular weight is 275 g/mol. The van der Waals surface area contributed by atoms with Gasteiger partial charge in [-0.2, -0.15) is 0 Å². The molecule has 2 heteroatoms. The van der Waals surface area contributed by atoms with Gasteiger partial charge in [-0.05, 0) is 73.6 Å². The lowest BCUT2D eigenvalue weighted by molar-refractivity contribution is -0.0178. The highest BCUT2D eigenvalue weighted by Crippen LogP contribution is 2.54. The highest BCUT2D eigenvalue weighted by atomic mass is 32.1. The fourth-order valence-electron chi connectivity index (χ4n) is 5.32. The summed E-state index contributed by atoms with van der Waals surface area (Å²) in [4.78, 5) is 1.54. The zero-order valence-corrected chi connectivity index (χ0v) is 12.7. The minimum atomic E-state index is 0.600. The van der Waals surface area contributed by atoms with Gasteiger partial charge in [0.1, 0.15) is 0 Å². The Morgan fingerprint density at radius 3 is 2.37 bits per heavy atom. The van der Waals surface area contributed by atoms with Crippen LogP contribution in [0, 0.1) is 23.7 Å². The molecule has 0 aliphatic heterocycles. The molecule has 0 amide bonds. The fraction of sp³-hybridized carbons (Fsp3) is 0.765. The molecule has 1 heterocycles. The molecule has 4 fully saturated rings. The van der Waals surface area contributed by atoms with Gasteiger partial charge in [-0.15, -0.1) is 11.3 Å². The molecule has 1 N–H and O–H groups in total. The maximum absolute atomic E-state index is 4.06. The Bertz CT molecular complexity index is 396. The first-order valence-electron chi connectivity index (χ1n) is 8.13. The fourth-order valence-corrected chi connectivity index (χ4v) is 6.19. The number of rotatable bonds is 4. The maximum atomic E-state index is 4.06. The molecule has 0 saturated heterocycles. The second kappa shape index (κ2) is 4.89. The molecule has 19 heavy (non-hydrogen) atoms. The molecule has 1 nitrogen and oxygen atoms in total. The summed E-state index contributed by atoms with van der Waals surface area (Å²) in [6, 6.07) is 5.92. The Hall–Kier alpha value is -0.340. The zero-order chi connectivity index (χ0) is 12.8. The third kappa shape index (κ3) is 2.17. The van der Waals surface area contributed by atoms with Gasteiger partial charge >= 0.3 is 0 Å². The van der Waals surface area contributed by atoms with Crippen LogP contribution in [0.15, 0.2) is 17.5 Å². The van der Waals surface area contributed by atoms with E-state index >= 15 is 0 Å². The number of hydrogen-bond acceptors (Lipinski definition) is 2. The van der Waals surface area contributed by atoms with E-state index in [2.05, 4.69) is 29.8 Å². The van der Waals surface area contributed by atoms with Crippen LogP contribution in [-0.4, -0.2) is 6.04 Å². The van der Waals surface area contributed by atoms with E-state index in [1.165, 1.54) is 37.0 Å². The van der Waals surface area contributed by atoms with Crippen LogP contribution >= 0.6 is 11.3 Å². The van der Waals surface area contributed by atoms with Crippen molar-refractivity contribution in [2.24, 2.45) is 23.7 Å². The summed E-state index contributed by atoms with van der Waals surface area (Å²) in [5.41, 5.74) is 0. The molecule has 104 valence electrons. The van der Waals surface area contributed by atoms with Crippen LogP contribution in [0.5, 0.6) is 0 Å². The van der Waals surface area contributed by atoms with Gasteiger partial charge in [0, 0.05) is 17.0 Å². The molecule has 0 aromatic carbocycles. The highest BCUT2D eigenvalue weighted by molar-refractivity contribution is 7.10. The molecular formula is C17H25NS. The van der Waals surface area contributed by atoms with Gasteiger partial charge in [-0.3, -0.25) is 0 Å². The van der Waals surface area contributed by atoms with Crippen molar-refractivity contribution in [1.82, 2.24) is 5.32 Å². The summed E-state index contributed by atoms with van der Waals surface area (Å²) in [6.07, 6.45) is 8.86. The van der Waals surface area contributed by atoms with Crippen molar-refractivity contribution in [3.8, 4) is 0 Å². The monoisotopic (exact) mass is 275 g/mol. The number of thiophene rings is 1. The van der Waals surface area contributed by atoms with Crippen molar-refractivity contribution < 1.29 is 0 Å². The minimum Gasteiger partial charge on any atom is -0.306 e. The SMILES string of the molecule is CCC(NC1C2CC3CC(C2)CC1C3)c1cccs1. The molecule has 4 aliphatic carbocycles. The molecule has 4 saturated carbocycles. The summed E-state index contributed by atoms with van der Waals surface area (Å²) >= 11 is 1.92. The summed E-state index contributed by atoms with van der Waals surface area (Å²) in [5, 5.41) is 6.28. The lowest BCUT2D eigenvalue weighted by Crippen LogP contribution is -2.55. The van der Waals surface area contributed by atoms with Crippen molar-refractivity contribution in [1.29, 1.82) is 0 Å². The standard InChI is InChI=1S/C17H25NS/c1-2-15(16-4-3-5-19-16)18-17-13-7-11-6-12(9-13)10-14(17)8-11/h3-5,11-15,17-18H,2,6-10H2,1H3. The van der Waals surface area contributed by atoms with Crippen LogP contribution in [0.2, 0.25) is 0 Å². The second-order valence-corrected chi connectivity index (χ2v) is 8.08. The second-order valence-electron chi connectivity index (χ2n) is 7.10. The third-order valence-corrected chi connectivity index (χ3v) is 6.90. The molecule has 1 atom stereocenters. The van der Waals surface area contributed by atoms with E-state index < -0.39 is 0 Å². The lowest BCUT2D eigenvalue weighted by atomic mass is 9.54. The van der Waals surface area contributed by atoms with Gasteiger partial charge in [0.05, 0.1) is 0 Å². The topological polar surface area (TPSA) is 12.0 Å². The van der Waals surface area contributed by atoms with Gasteiger partial charge < -0.3 is 5.32 Å².